The summed E-state index contributed by atoms with van der Waals surface area (Å²) in [6, 6.07) is 7.93. The third-order valence-corrected chi connectivity index (χ3v) is 2.22. The molecule has 80 valence electrons. The molecule has 0 heterocycles. The van der Waals surface area contributed by atoms with Gasteiger partial charge >= 0.3 is 0 Å². The third kappa shape index (κ3) is 3.98. The highest BCUT2D eigenvalue weighted by molar-refractivity contribution is 5.90. The SMILES string of the molecule is C=CCCC(=O)Nc1ccc(CC)cc1. The van der Waals surface area contributed by atoms with E-state index in [1.54, 1.807) is 6.08 Å². The Kier molecular flexibility index (Phi) is 4.61. The van der Waals surface area contributed by atoms with Crippen LogP contribution in [0.5, 0.6) is 0 Å². The van der Waals surface area contributed by atoms with Crippen molar-refractivity contribution in [2.24, 2.45) is 0 Å². The molecule has 0 aliphatic rings. The Hall–Kier alpha value is -1.57. The van der Waals surface area contributed by atoms with Crippen LogP contribution in [0.15, 0.2) is 36.9 Å². The lowest BCUT2D eigenvalue weighted by atomic mass is 10.1. The first-order valence-electron chi connectivity index (χ1n) is 5.26. The molecule has 15 heavy (non-hydrogen) atoms. The van der Waals surface area contributed by atoms with Crippen molar-refractivity contribution in [2.45, 2.75) is 26.2 Å². The van der Waals surface area contributed by atoms with Gasteiger partial charge in [-0.25, -0.2) is 0 Å². The second kappa shape index (κ2) is 6.02. The van der Waals surface area contributed by atoms with E-state index in [0.29, 0.717) is 6.42 Å². The minimum absolute atomic E-state index is 0.0409. The number of carbonyl (C=O) groups excluding carboxylic acids is 1. The van der Waals surface area contributed by atoms with Crippen molar-refractivity contribution in [3.05, 3.63) is 42.5 Å². The highest BCUT2D eigenvalue weighted by Crippen LogP contribution is 2.10. The van der Waals surface area contributed by atoms with E-state index < -0.39 is 0 Å². The summed E-state index contributed by atoms with van der Waals surface area (Å²) in [5.41, 5.74) is 2.14. The molecule has 1 rings (SSSR count). The quantitative estimate of drug-likeness (QED) is 0.732. The molecule has 0 spiro atoms. The molecule has 0 fully saturated rings. The van der Waals surface area contributed by atoms with E-state index in [4.69, 9.17) is 0 Å². The Balaban J connectivity index is 2.49. The molecule has 0 radical (unpaired) electrons. The largest absolute Gasteiger partial charge is 0.326 e. The first-order valence-corrected chi connectivity index (χ1v) is 5.26. The Labute approximate surface area is 91.0 Å². The van der Waals surface area contributed by atoms with Gasteiger partial charge < -0.3 is 5.32 Å². The average Bonchev–Trinajstić information content (AvgIpc) is 2.27. The summed E-state index contributed by atoms with van der Waals surface area (Å²) in [7, 11) is 0. The van der Waals surface area contributed by atoms with Crippen molar-refractivity contribution < 1.29 is 4.79 Å². The fourth-order valence-corrected chi connectivity index (χ4v) is 1.28. The van der Waals surface area contributed by atoms with Crippen molar-refractivity contribution in [1.82, 2.24) is 0 Å². The van der Waals surface area contributed by atoms with Crippen LogP contribution in [0.2, 0.25) is 0 Å². The molecule has 0 unspecified atom stereocenters. The van der Waals surface area contributed by atoms with Crippen molar-refractivity contribution in [3.8, 4) is 0 Å². The molecule has 0 saturated carbocycles. The number of allylic oxidation sites excluding steroid dienone is 1. The second-order valence-electron chi connectivity index (χ2n) is 3.43. The molecule has 1 aromatic carbocycles. The number of benzene rings is 1. The molecule has 0 aliphatic carbocycles. The van der Waals surface area contributed by atoms with Gasteiger partial charge in [-0.3, -0.25) is 4.79 Å². The number of aryl methyl sites for hydroxylation is 1. The zero-order valence-corrected chi connectivity index (χ0v) is 9.12. The van der Waals surface area contributed by atoms with Gasteiger partial charge in [0.15, 0.2) is 0 Å². The Morgan fingerprint density at radius 2 is 2.07 bits per heavy atom. The number of rotatable bonds is 5. The van der Waals surface area contributed by atoms with Gasteiger partial charge in [0.2, 0.25) is 5.91 Å². The van der Waals surface area contributed by atoms with Crippen LogP contribution in [0.4, 0.5) is 5.69 Å². The molecule has 0 aliphatic heterocycles. The maximum absolute atomic E-state index is 11.4. The molecule has 2 nitrogen and oxygen atoms in total. The summed E-state index contributed by atoms with van der Waals surface area (Å²) in [4.78, 5) is 11.4. The van der Waals surface area contributed by atoms with Gasteiger partial charge in [0.05, 0.1) is 0 Å². The summed E-state index contributed by atoms with van der Waals surface area (Å²) in [5, 5.41) is 2.84. The molecule has 1 amide bonds. The first kappa shape index (κ1) is 11.5. The number of hydrogen-bond acceptors (Lipinski definition) is 1. The molecule has 2 heteroatoms. The molecule has 1 aromatic rings. The van der Waals surface area contributed by atoms with Crippen LogP contribution in [0.3, 0.4) is 0 Å². The standard InChI is InChI=1S/C13H17NO/c1-3-5-6-13(15)14-12-9-7-11(4-2)8-10-12/h3,7-10H,1,4-6H2,2H3,(H,14,15). The lowest BCUT2D eigenvalue weighted by molar-refractivity contribution is -0.116. The van der Waals surface area contributed by atoms with E-state index in [0.717, 1.165) is 18.5 Å². The molecule has 0 aromatic heterocycles. The highest BCUT2D eigenvalue weighted by Gasteiger charge is 2.00. The van der Waals surface area contributed by atoms with E-state index in [1.165, 1.54) is 5.56 Å². The van der Waals surface area contributed by atoms with Gasteiger partial charge in [0, 0.05) is 12.1 Å². The molecule has 1 N–H and O–H groups in total. The number of hydrogen-bond donors (Lipinski definition) is 1. The summed E-state index contributed by atoms with van der Waals surface area (Å²) >= 11 is 0. The lowest BCUT2D eigenvalue weighted by Gasteiger charge is -2.04. The molecular weight excluding hydrogens is 186 g/mol. The number of carbonyl (C=O) groups is 1. The Morgan fingerprint density at radius 1 is 1.40 bits per heavy atom. The van der Waals surface area contributed by atoms with Gasteiger partial charge in [-0.2, -0.15) is 0 Å². The van der Waals surface area contributed by atoms with Crippen LogP contribution in [0, 0.1) is 0 Å². The van der Waals surface area contributed by atoms with Crippen LogP contribution in [-0.2, 0) is 11.2 Å². The third-order valence-electron chi connectivity index (χ3n) is 2.22. The van der Waals surface area contributed by atoms with Crippen molar-refractivity contribution in [3.63, 3.8) is 0 Å². The van der Waals surface area contributed by atoms with Gasteiger partial charge in [0.1, 0.15) is 0 Å². The summed E-state index contributed by atoms with van der Waals surface area (Å²) < 4.78 is 0. The topological polar surface area (TPSA) is 29.1 Å². The Bertz CT molecular complexity index is 327. The average molecular weight is 203 g/mol. The van der Waals surface area contributed by atoms with Crippen LogP contribution in [0.25, 0.3) is 0 Å². The maximum Gasteiger partial charge on any atom is 0.224 e. The normalized spacial score (nSPS) is 9.67. The fraction of sp³-hybridized carbons (Fsp3) is 0.308. The van der Waals surface area contributed by atoms with Crippen LogP contribution >= 0.6 is 0 Å². The Morgan fingerprint density at radius 3 is 2.60 bits per heavy atom. The molecule has 0 saturated heterocycles. The fourth-order valence-electron chi connectivity index (χ4n) is 1.28. The van der Waals surface area contributed by atoms with Crippen LogP contribution in [0.1, 0.15) is 25.3 Å². The zero-order chi connectivity index (χ0) is 11.1. The number of amides is 1. The maximum atomic E-state index is 11.4. The van der Waals surface area contributed by atoms with E-state index in [-0.39, 0.29) is 5.91 Å². The minimum Gasteiger partial charge on any atom is -0.326 e. The van der Waals surface area contributed by atoms with Gasteiger partial charge in [-0.05, 0) is 30.5 Å². The van der Waals surface area contributed by atoms with Gasteiger partial charge in [-0.15, -0.1) is 6.58 Å². The lowest BCUT2D eigenvalue weighted by Crippen LogP contribution is -2.10. The first-order chi connectivity index (χ1) is 7.26. The van der Waals surface area contributed by atoms with E-state index in [1.807, 2.05) is 24.3 Å². The van der Waals surface area contributed by atoms with Crippen LogP contribution in [-0.4, -0.2) is 5.91 Å². The summed E-state index contributed by atoms with van der Waals surface area (Å²) in [6.45, 7) is 5.69. The number of nitrogens with one attached hydrogen (secondary N) is 1. The molecule has 0 atom stereocenters. The minimum atomic E-state index is 0.0409. The summed E-state index contributed by atoms with van der Waals surface area (Å²) in [5.74, 6) is 0.0409. The number of anilines is 1. The zero-order valence-electron chi connectivity index (χ0n) is 9.12. The second-order valence-corrected chi connectivity index (χ2v) is 3.43. The summed E-state index contributed by atoms with van der Waals surface area (Å²) in [6.07, 6.45) is 3.99. The smallest absolute Gasteiger partial charge is 0.224 e. The predicted molar refractivity (Wildman–Crippen MR) is 63.9 cm³/mol. The molecule has 0 bridgehead atoms. The van der Waals surface area contributed by atoms with Crippen molar-refractivity contribution in [1.29, 1.82) is 0 Å². The predicted octanol–water partition coefficient (Wildman–Crippen LogP) is 3.15. The monoisotopic (exact) mass is 203 g/mol. The van der Waals surface area contributed by atoms with Crippen molar-refractivity contribution in [2.75, 3.05) is 5.32 Å². The van der Waals surface area contributed by atoms with Crippen LogP contribution < -0.4 is 5.32 Å². The van der Waals surface area contributed by atoms with E-state index in [9.17, 15) is 4.79 Å². The highest BCUT2D eigenvalue weighted by atomic mass is 16.1. The van der Waals surface area contributed by atoms with E-state index >= 15 is 0 Å². The van der Waals surface area contributed by atoms with Gasteiger partial charge in [0.25, 0.3) is 0 Å². The van der Waals surface area contributed by atoms with Crippen molar-refractivity contribution >= 4 is 11.6 Å². The van der Waals surface area contributed by atoms with E-state index in [2.05, 4.69) is 18.8 Å². The van der Waals surface area contributed by atoms with Gasteiger partial charge in [-0.1, -0.05) is 25.1 Å². The molecular formula is C13H17NO.